The van der Waals surface area contributed by atoms with Crippen molar-refractivity contribution in [3.63, 3.8) is 0 Å². The van der Waals surface area contributed by atoms with Crippen LogP contribution >= 0.6 is 0 Å². The predicted molar refractivity (Wildman–Crippen MR) is 131 cm³/mol. The molecule has 1 atom stereocenters. The topological polar surface area (TPSA) is 49.4 Å². The summed E-state index contributed by atoms with van der Waals surface area (Å²) in [7, 11) is 0. The van der Waals surface area contributed by atoms with Gasteiger partial charge in [0.25, 0.3) is 0 Å². The predicted octanol–water partition coefficient (Wildman–Crippen LogP) is 5.31. The quantitative estimate of drug-likeness (QED) is 0.648. The zero-order chi connectivity index (χ0) is 24.8. The Bertz CT molecular complexity index is 1110. The number of amides is 2. The van der Waals surface area contributed by atoms with E-state index < -0.39 is 22.5 Å². The minimum absolute atomic E-state index is 0.0274. The summed E-state index contributed by atoms with van der Waals surface area (Å²) in [6.45, 7) is 5.65. The van der Waals surface area contributed by atoms with E-state index in [0.29, 0.717) is 44.5 Å². The number of carbonyl (C=O) groups excluding carboxylic acids is 2. The van der Waals surface area contributed by atoms with Gasteiger partial charge in [-0.1, -0.05) is 42.2 Å². The number of halogens is 2. The highest BCUT2D eigenvalue weighted by Crippen LogP contribution is 2.50. The third-order valence-electron chi connectivity index (χ3n) is 8.73. The first-order chi connectivity index (χ1) is 16.7. The van der Waals surface area contributed by atoms with Crippen molar-refractivity contribution < 1.29 is 18.4 Å². The fraction of sp³-hybridized carbons (Fsp3) is 0.517. The fourth-order valence-corrected chi connectivity index (χ4v) is 7.02. The molecule has 1 N–H and O–H groups in total. The van der Waals surface area contributed by atoms with E-state index in [1.807, 2.05) is 4.90 Å². The molecular weight excluding hydrogens is 446 g/mol. The minimum Gasteiger partial charge on any atom is -0.355 e. The van der Waals surface area contributed by atoms with Gasteiger partial charge in [0.15, 0.2) is 0 Å². The van der Waals surface area contributed by atoms with E-state index in [2.05, 4.69) is 37.4 Å². The lowest BCUT2D eigenvalue weighted by Gasteiger charge is -2.50. The van der Waals surface area contributed by atoms with Crippen LogP contribution in [0.15, 0.2) is 36.4 Å². The van der Waals surface area contributed by atoms with Gasteiger partial charge in [0, 0.05) is 38.0 Å². The van der Waals surface area contributed by atoms with Crippen molar-refractivity contribution in [2.75, 3.05) is 19.6 Å². The molecule has 1 saturated carbocycles. The van der Waals surface area contributed by atoms with E-state index in [0.717, 1.165) is 37.3 Å². The van der Waals surface area contributed by atoms with E-state index in [-0.39, 0.29) is 17.7 Å². The van der Waals surface area contributed by atoms with Crippen LogP contribution in [-0.4, -0.2) is 36.3 Å². The van der Waals surface area contributed by atoms with Gasteiger partial charge in [-0.15, -0.1) is 0 Å². The van der Waals surface area contributed by atoms with Crippen molar-refractivity contribution in [3.8, 4) is 0 Å². The van der Waals surface area contributed by atoms with Crippen LogP contribution in [0.4, 0.5) is 8.78 Å². The van der Waals surface area contributed by atoms with E-state index in [9.17, 15) is 18.4 Å². The molecule has 2 aromatic carbocycles. The van der Waals surface area contributed by atoms with Gasteiger partial charge in [-0.25, -0.2) is 8.78 Å². The number of rotatable bonds is 3. The second kappa shape index (κ2) is 9.03. The number of benzene rings is 2. The van der Waals surface area contributed by atoms with Crippen LogP contribution in [0, 0.1) is 30.9 Å². The van der Waals surface area contributed by atoms with Crippen molar-refractivity contribution in [1.29, 1.82) is 0 Å². The molecule has 5 rings (SSSR count). The first kappa shape index (κ1) is 24.0. The average Bonchev–Trinajstić information content (AvgIpc) is 3.29. The zero-order valence-electron chi connectivity index (χ0n) is 20.6. The molecule has 6 heteroatoms. The van der Waals surface area contributed by atoms with Crippen molar-refractivity contribution in [3.05, 3.63) is 70.3 Å². The van der Waals surface area contributed by atoms with Gasteiger partial charge in [-0.3, -0.25) is 9.59 Å². The molecule has 35 heavy (non-hydrogen) atoms. The summed E-state index contributed by atoms with van der Waals surface area (Å²) in [5, 5.41) is 2.89. The van der Waals surface area contributed by atoms with Crippen molar-refractivity contribution in [2.24, 2.45) is 5.41 Å². The molecule has 2 amide bonds. The molecule has 4 nitrogen and oxygen atoms in total. The molecule has 186 valence electrons. The standard InChI is InChI=1S/C29H34F2N2O2/c1-19-11-20(2)13-22(12-19)29(5-3-4-6-29)27(35)33-9-7-28(8-10-33)17-26(34)32-18-25(28)21-14-23(30)16-24(31)15-21/h11-16,25H,3-10,17-18H2,1-2H3,(H,32,34). The van der Waals surface area contributed by atoms with Crippen LogP contribution < -0.4 is 5.32 Å². The molecule has 0 radical (unpaired) electrons. The maximum absolute atomic E-state index is 14.1. The first-order valence-electron chi connectivity index (χ1n) is 12.8. The Labute approximate surface area is 206 Å². The summed E-state index contributed by atoms with van der Waals surface area (Å²) in [6.07, 6.45) is 5.44. The molecule has 2 aliphatic heterocycles. The molecule has 2 saturated heterocycles. The second-order valence-electron chi connectivity index (χ2n) is 11.1. The molecule has 1 aliphatic carbocycles. The fourth-order valence-electron chi connectivity index (χ4n) is 7.02. The monoisotopic (exact) mass is 480 g/mol. The van der Waals surface area contributed by atoms with Crippen LogP contribution in [0.5, 0.6) is 0 Å². The third-order valence-corrected chi connectivity index (χ3v) is 8.73. The lowest BCUT2D eigenvalue weighted by molar-refractivity contribution is -0.141. The SMILES string of the molecule is Cc1cc(C)cc(C2(C(=O)N3CCC4(CC3)CC(=O)NCC4c3cc(F)cc(F)c3)CCCC2)c1. The lowest BCUT2D eigenvalue weighted by Crippen LogP contribution is -2.55. The number of hydrogen-bond donors (Lipinski definition) is 1. The van der Waals surface area contributed by atoms with E-state index in [1.165, 1.54) is 23.3 Å². The number of nitrogens with one attached hydrogen (secondary N) is 1. The van der Waals surface area contributed by atoms with Gasteiger partial charge in [0.1, 0.15) is 11.6 Å². The Morgan fingerprint density at radius 3 is 2.11 bits per heavy atom. The molecule has 0 bridgehead atoms. The van der Waals surface area contributed by atoms with E-state index >= 15 is 0 Å². The Morgan fingerprint density at radius 1 is 0.914 bits per heavy atom. The molecule has 0 aromatic heterocycles. The van der Waals surface area contributed by atoms with Gasteiger partial charge in [0.2, 0.25) is 11.8 Å². The summed E-state index contributed by atoms with van der Waals surface area (Å²) in [5.41, 5.74) is 3.19. The Morgan fingerprint density at radius 2 is 1.51 bits per heavy atom. The smallest absolute Gasteiger partial charge is 0.233 e. The summed E-state index contributed by atoms with van der Waals surface area (Å²) in [5.74, 6) is -1.21. The number of hydrogen-bond acceptors (Lipinski definition) is 2. The van der Waals surface area contributed by atoms with Gasteiger partial charge in [-0.2, -0.15) is 0 Å². The highest BCUT2D eigenvalue weighted by molar-refractivity contribution is 5.89. The van der Waals surface area contributed by atoms with E-state index in [1.54, 1.807) is 0 Å². The molecular formula is C29H34F2N2O2. The van der Waals surface area contributed by atoms with Crippen LogP contribution in [0.25, 0.3) is 0 Å². The van der Waals surface area contributed by atoms with Crippen LogP contribution in [0.1, 0.15) is 73.1 Å². The number of aryl methyl sites for hydroxylation is 2. The van der Waals surface area contributed by atoms with Gasteiger partial charge < -0.3 is 10.2 Å². The zero-order valence-corrected chi connectivity index (χ0v) is 20.6. The maximum Gasteiger partial charge on any atom is 0.233 e. The largest absolute Gasteiger partial charge is 0.355 e. The number of nitrogens with zero attached hydrogens (tertiary/aromatic N) is 1. The van der Waals surface area contributed by atoms with Gasteiger partial charge >= 0.3 is 0 Å². The number of carbonyl (C=O) groups is 2. The summed E-state index contributed by atoms with van der Waals surface area (Å²) >= 11 is 0. The minimum atomic E-state index is -0.601. The Balaban J connectivity index is 1.40. The summed E-state index contributed by atoms with van der Waals surface area (Å²) in [6, 6.07) is 10.1. The van der Waals surface area contributed by atoms with E-state index in [4.69, 9.17) is 0 Å². The Kier molecular flexibility index (Phi) is 6.18. The van der Waals surface area contributed by atoms with Crippen molar-refractivity contribution in [2.45, 2.75) is 70.1 Å². The molecule has 1 spiro atoms. The third kappa shape index (κ3) is 4.36. The molecule has 2 aromatic rings. The molecule has 3 fully saturated rings. The normalized spacial score (nSPS) is 23.4. The summed E-state index contributed by atoms with van der Waals surface area (Å²) in [4.78, 5) is 28.5. The number of piperidine rings is 2. The molecule has 1 unspecified atom stereocenters. The van der Waals surface area contributed by atoms with Gasteiger partial charge in [-0.05, 0) is 68.2 Å². The molecule has 3 aliphatic rings. The van der Waals surface area contributed by atoms with Crippen LogP contribution in [-0.2, 0) is 15.0 Å². The van der Waals surface area contributed by atoms with Crippen molar-refractivity contribution >= 4 is 11.8 Å². The Hall–Kier alpha value is -2.76. The summed E-state index contributed by atoms with van der Waals surface area (Å²) < 4.78 is 28.1. The lowest BCUT2D eigenvalue weighted by atomic mass is 9.62. The molecule has 2 heterocycles. The second-order valence-corrected chi connectivity index (χ2v) is 11.1. The van der Waals surface area contributed by atoms with Crippen LogP contribution in [0.3, 0.4) is 0 Å². The average molecular weight is 481 g/mol. The number of likely N-dealkylation sites (tertiary alicyclic amines) is 1. The highest BCUT2D eigenvalue weighted by Gasteiger charge is 2.50. The van der Waals surface area contributed by atoms with Gasteiger partial charge in [0.05, 0.1) is 5.41 Å². The maximum atomic E-state index is 14.1. The highest BCUT2D eigenvalue weighted by atomic mass is 19.1. The van der Waals surface area contributed by atoms with Crippen LogP contribution in [0.2, 0.25) is 0 Å². The van der Waals surface area contributed by atoms with Crippen molar-refractivity contribution in [1.82, 2.24) is 10.2 Å². The first-order valence-corrected chi connectivity index (χ1v) is 12.8.